The second-order valence-corrected chi connectivity index (χ2v) is 6.30. The Balaban J connectivity index is 1.59. The molecule has 1 N–H and O–H groups in total. The van der Waals surface area contributed by atoms with E-state index in [-0.39, 0.29) is 0 Å². The van der Waals surface area contributed by atoms with Crippen LogP contribution in [0.2, 0.25) is 0 Å². The molecule has 0 radical (unpaired) electrons. The fraction of sp³-hybridized carbons (Fsp3) is 1.00. The molecule has 2 aliphatic carbocycles. The fourth-order valence-electron chi connectivity index (χ4n) is 2.74. The highest BCUT2D eigenvalue weighted by Gasteiger charge is 2.43. The quantitative estimate of drug-likeness (QED) is 0.719. The van der Waals surface area contributed by atoms with Crippen molar-refractivity contribution >= 4 is 0 Å². The molecule has 0 aromatic heterocycles. The number of ether oxygens (including phenoxy) is 1. The molecule has 0 spiro atoms. The topological polar surface area (TPSA) is 21.3 Å². The smallest absolute Gasteiger partial charge is 0.0468 e. The van der Waals surface area contributed by atoms with Crippen molar-refractivity contribution in [3.63, 3.8) is 0 Å². The van der Waals surface area contributed by atoms with Gasteiger partial charge in [-0.05, 0) is 49.4 Å². The first-order valence-corrected chi connectivity index (χ1v) is 6.87. The van der Waals surface area contributed by atoms with Crippen molar-refractivity contribution in [3.8, 4) is 0 Å². The molecule has 0 aromatic carbocycles. The molecule has 16 heavy (non-hydrogen) atoms. The van der Waals surface area contributed by atoms with Gasteiger partial charge in [0.15, 0.2) is 0 Å². The lowest BCUT2D eigenvalue weighted by molar-refractivity contribution is 0.146. The summed E-state index contributed by atoms with van der Waals surface area (Å²) in [5, 5.41) is 3.76. The molecular formula is C14H27NO. The lowest BCUT2D eigenvalue weighted by Gasteiger charge is -2.39. The summed E-state index contributed by atoms with van der Waals surface area (Å²) >= 11 is 0. The summed E-state index contributed by atoms with van der Waals surface area (Å²) in [6.45, 7) is 6.86. The van der Waals surface area contributed by atoms with Gasteiger partial charge in [0.25, 0.3) is 0 Å². The predicted octanol–water partition coefficient (Wildman–Crippen LogP) is 2.83. The molecule has 0 aromatic rings. The molecule has 0 saturated heterocycles. The summed E-state index contributed by atoms with van der Waals surface area (Å²) < 4.78 is 5.19. The molecule has 2 fully saturated rings. The van der Waals surface area contributed by atoms with Crippen LogP contribution in [0.3, 0.4) is 0 Å². The first-order valence-electron chi connectivity index (χ1n) is 6.87. The van der Waals surface area contributed by atoms with Crippen LogP contribution in [0, 0.1) is 17.3 Å². The van der Waals surface area contributed by atoms with Crippen molar-refractivity contribution < 1.29 is 4.74 Å². The second kappa shape index (κ2) is 5.05. The molecule has 2 heteroatoms. The minimum Gasteiger partial charge on any atom is -0.385 e. The van der Waals surface area contributed by atoms with E-state index in [2.05, 4.69) is 19.2 Å². The fourth-order valence-corrected chi connectivity index (χ4v) is 2.74. The van der Waals surface area contributed by atoms with Crippen LogP contribution in [0.5, 0.6) is 0 Å². The van der Waals surface area contributed by atoms with Crippen molar-refractivity contribution in [1.29, 1.82) is 0 Å². The number of nitrogens with one attached hydrogen (secondary N) is 1. The first-order chi connectivity index (χ1) is 7.65. The zero-order chi connectivity index (χ0) is 11.6. The maximum Gasteiger partial charge on any atom is 0.0468 e. The standard InChI is InChI=1S/C14H27NO/c1-11(2)12-8-13(9-12)15-10-14(4-5-14)6-7-16-3/h11-13,15H,4-10H2,1-3H3. The molecule has 0 heterocycles. The zero-order valence-electron chi connectivity index (χ0n) is 11.1. The van der Waals surface area contributed by atoms with Gasteiger partial charge in [-0.15, -0.1) is 0 Å². The van der Waals surface area contributed by atoms with Gasteiger partial charge < -0.3 is 10.1 Å². The van der Waals surface area contributed by atoms with Gasteiger partial charge in [-0.25, -0.2) is 0 Å². The zero-order valence-corrected chi connectivity index (χ0v) is 11.1. The van der Waals surface area contributed by atoms with Crippen molar-refractivity contribution in [2.24, 2.45) is 17.3 Å². The Bertz CT molecular complexity index is 217. The normalized spacial score (nSPS) is 31.5. The van der Waals surface area contributed by atoms with Crippen LogP contribution in [0.15, 0.2) is 0 Å². The summed E-state index contributed by atoms with van der Waals surface area (Å²) in [7, 11) is 1.81. The van der Waals surface area contributed by atoms with Crippen LogP contribution < -0.4 is 5.32 Å². The van der Waals surface area contributed by atoms with E-state index in [1.54, 1.807) is 0 Å². The van der Waals surface area contributed by atoms with Crippen molar-refractivity contribution in [3.05, 3.63) is 0 Å². The van der Waals surface area contributed by atoms with E-state index in [1.807, 2.05) is 7.11 Å². The van der Waals surface area contributed by atoms with E-state index in [1.165, 1.54) is 38.6 Å². The molecule has 2 saturated carbocycles. The van der Waals surface area contributed by atoms with Gasteiger partial charge in [0.05, 0.1) is 0 Å². The Hall–Kier alpha value is -0.0800. The first kappa shape index (κ1) is 12.4. The van der Waals surface area contributed by atoms with Crippen molar-refractivity contribution in [2.45, 2.75) is 52.0 Å². The van der Waals surface area contributed by atoms with Crippen LogP contribution in [0.1, 0.15) is 46.0 Å². The molecule has 0 atom stereocenters. The highest BCUT2D eigenvalue weighted by molar-refractivity contribution is 4.97. The highest BCUT2D eigenvalue weighted by Crippen LogP contribution is 2.48. The summed E-state index contributed by atoms with van der Waals surface area (Å²) in [6.07, 6.45) is 6.86. The minimum absolute atomic E-state index is 0.610. The largest absolute Gasteiger partial charge is 0.385 e. The van der Waals surface area contributed by atoms with E-state index in [0.29, 0.717) is 5.41 Å². The summed E-state index contributed by atoms with van der Waals surface area (Å²) in [4.78, 5) is 0. The number of methoxy groups -OCH3 is 1. The summed E-state index contributed by atoms with van der Waals surface area (Å²) in [5.74, 6) is 1.85. The van der Waals surface area contributed by atoms with Crippen molar-refractivity contribution in [1.82, 2.24) is 5.32 Å². The lowest BCUT2D eigenvalue weighted by Crippen LogP contribution is -2.45. The average Bonchev–Trinajstić information content (AvgIpc) is 2.93. The summed E-state index contributed by atoms with van der Waals surface area (Å²) in [5.41, 5.74) is 0.610. The molecule has 2 nitrogen and oxygen atoms in total. The van der Waals surface area contributed by atoms with Crippen LogP contribution in [0.25, 0.3) is 0 Å². The van der Waals surface area contributed by atoms with Crippen LogP contribution in [0.4, 0.5) is 0 Å². The predicted molar refractivity (Wildman–Crippen MR) is 67.5 cm³/mol. The van der Waals surface area contributed by atoms with Crippen LogP contribution >= 0.6 is 0 Å². The third kappa shape index (κ3) is 2.98. The van der Waals surface area contributed by atoms with Gasteiger partial charge in [0.2, 0.25) is 0 Å². The van der Waals surface area contributed by atoms with Gasteiger partial charge in [0, 0.05) is 26.3 Å². The summed E-state index contributed by atoms with van der Waals surface area (Å²) in [6, 6.07) is 0.812. The molecule has 0 aliphatic heterocycles. The molecule has 2 aliphatic rings. The Labute approximate surface area is 100 Å². The van der Waals surface area contributed by atoms with Gasteiger partial charge in [-0.1, -0.05) is 13.8 Å². The van der Waals surface area contributed by atoms with E-state index in [4.69, 9.17) is 4.74 Å². The van der Waals surface area contributed by atoms with Crippen LogP contribution in [-0.4, -0.2) is 26.3 Å². The molecule has 0 amide bonds. The Morgan fingerprint density at radius 2 is 2.00 bits per heavy atom. The van der Waals surface area contributed by atoms with E-state index < -0.39 is 0 Å². The molecule has 94 valence electrons. The minimum atomic E-state index is 0.610. The highest BCUT2D eigenvalue weighted by atomic mass is 16.5. The second-order valence-electron chi connectivity index (χ2n) is 6.30. The SMILES string of the molecule is COCCC1(CNC2CC(C(C)C)C2)CC1. The van der Waals surface area contributed by atoms with E-state index in [9.17, 15) is 0 Å². The van der Waals surface area contributed by atoms with Gasteiger partial charge in [0.1, 0.15) is 0 Å². The average molecular weight is 225 g/mol. The maximum atomic E-state index is 5.19. The monoisotopic (exact) mass is 225 g/mol. The number of hydrogen-bond donors (Lipinski definition) is 1. The van der Waals surface area contributed by atoms with E-state index >= 15 is 0 Å². The van der Waals surface area contributed by atoms with Gasteiger partial charge in [-0.3, -0.25) is 0 Å². The van der Waals surface area contributed by atoms with E-state index in [0.717, 1.165) is 24.5 Å². The third-order valence-electron chi connectivity index (χ3n) is 4.68. The number of hydrogen-bond acceptors (Lipinski definition) is 2. The molecule has 0 bridgehead atoms. The molecule has 2 rings (SSSR count). The maximum absolute atomic E-state index is 5.19. The molecule has 0 unspecified atom stereocenters. The Morgan fingerprint density at radius 1 is 1.31 bits per heavy atom. The Morgan fingerprint density at radius 3 is 2.50 bits per heavy atom. The van der Waals surface area contributed by atoms with Crippen LogP contribution in [-0.2, 0) is 4.74 Å². The molecular weight excluding hydrogens is 198 g/mol. The Kier molecular flexibility index (Phi) is 3.91. The third-order valence-corrected chi connectivity index (χ3v) is 4.68. The van der Waals surface area contributed by atoms with Gasteiger partial charge >= 0.3 is 0 Å². The lowest BCUT2D eigenvalue weighted by atomic mass is 9.73. The number of rotatable bonds is 7. The van der Waals surface area contributed by atoms with Gasteiger partial charge in [-0.2, -0.15) is 0 Å². The van der Waals surface area contributed by atoms with Crippen molar-refractivity contribution in [2.75, 3.05) is 20.3 Å².